The van der Waals surface area contributed by atoms with Gasteiger partial charge in [-0.25, -0.2) is 0 Å². The number of benzene rings is 1. The van der Waals surface area contributed by atoms with E-state index in [2.05, 4.69) is 52.5 Å². The second-order valence-electron chi connectivity index (χ2n) is 5.15. The molecule has 0 aromatic heterocycles. The van der Waals surface area contributed by atoms with Gasteiger partial charge >= 0.3 is 0 Å². The molecule has 0 N–H and O–H groups in total. The van der Waals surface area contributed by atoms with Crippen molar-refractivity contribution in [2.75, 3.05) is 19.0 Å². The van der Waals surface area contributed by atoms with Crippen molar-refractivity contribution in [3.05, 3.63) is 42.2 Å². The molecule has 0 heterocycles. The van der Waals surface area contributed by atoms with Gasteiger partial charge in [-0.15, -0.1) is 12.1 Å². The number of nitrogens with zero attached hydrogens (tertiary/aromatic N) is 1. The third-order valence-electron chi connectivity index (χ3n) is 1.22. The summed E-state index contributed by atoms with van der Waals surface area (Å²) in [6.07, 6.45) is 0. The number of hydrogen-bond acceptors (Lipinski definition) is 1. The van der Waals surface area contributed by atoms with Crippen molar-refractivity contribution in [2.45, 2.75) is 41.5 Å². The van der Waals surface area contributed by atoms with Gasteiger partial charge in [-0.05, 0) is 0 Å². The van der Waals surface area contributed by atoms with Gasteiger partial charge in [0, 0.05) is 34.5 Å². The minimum Gasteiger partial charge on any atom is -0.399 e. The molecule has 0 bridgehead atoms. The number of hydrogen-bond donors (Lipinski definition) is 0. The minimum atomic E-state index is 0. The first-order chi connectivity index (χ1) is 7.77. The third kappa shape index (κ3) is 24.8. The maximum absolute atomic E-state index is 2.96. The molecule has 0 radical (unpaired) electrons. The first-order valence-electron chi connectivity index (χ1n) is 5.94. The zero-order valence-corrected chi connectivity index (χ0v) is 14.6. The van der Waals surface area contributed by atoms with E-state index in [1.807, 2.05) is 38.4 Å². The van der Waals surface area contributed by atoms with E-state index >= 15 is 0 Å². The summed E-state index contributed by atoms with van der Waals surface area (Å²) in [5.41, 5.74) is 1.22. The Morgan fingerprint density at radius 2 is 1.11 bits per heavy atom. The third-order valence-corrected chi connectivity index (χ3v) is 1.22. The standard InChI is InChI=1S/C8H10N.2C4H9.Pd/c1-9(2)8-6-4-3-5-7-8;2*1-4(2)3;/h4-7H,1-2H3;2*1-3H3;/q3*-1;. The van der Waals surface area contributed by atoms with E-state index in [1.165, 1.54) is 17.5 Å². The molecular weight excluding hydrogens is 313 g/mol. The zero-order chi connectivity index (χ0) is 13.8. The van der Waals surface area contributed by atoms with Crippen LogP contribution >= 0.6 is 0 Å². The van der Waals surface area contributed by atoms with Crippen molar-refractivity contribution in [1.29, 1.82) is 0 Å². The van der Waals surface area contributed by atoms with Gasteiger partial charge in [0.05, 0.1) is 0 Å². The molecule has 1 aromatic carbocycles. The van der Waals surface area contributed by atoms with Crippen LogP contribution in [0.4, 0.5) is 5.69 Å². The van der Waals surface area contributed by atoms with Gasteiger partial charge in [0.1, 0.15) is 0 Å². The SMILES string of the molecule is CN(C)c1cc[c-]cc1.C[C-](C)C.C[C-](C)C.[Pd]. The summed E-state index contributed by atoms with van der Waals surface area (Å²) in [7, 11) is 4.05. The Kier molecular flexibility index (Phi) is 18.7. The summed E-state index contributed by atoms with van der Waals surface area (Å²) >= 11 is 0. The summed E-state index contributed by atoms with van der Waals surface area (Å²) in [4.78, 5) is 2.06. The quantitative estimate of drug-likeness (QED) is 0.524. The zero-order valence-electron chi connectivity index (χ0n) is 13.1. The van der Waals surface area contributed by atoms with Gasteiger partial charge in [0.25, 0.3) is 0 Å². The van der Waals surface area contributed by atoms with Crippen LogP contribution < -0.4 is 4.90 Å². The molecule has 1 rings (SSSR count). The van der Waals surface area contributed by atoms with Crippen molar-refractivity contribution in [1.82, 2.24) is 0 Å². The molecule has 110 valence electrons. The summed E-state index contributed by atoms with van der Waals surface area (Å²) in [6.45, 7) is 12.5. The summed E-state index contributed by atoms with van der Waals surface area (Å²) in [6, 6.07) is 10.8. The molecule has 1 aromatic rings. The second kappa shape index (κ2) is 14.7. The predicted molar refractivity (Wildman–Crippen MR) is 80.1 cm³/mol. The summed E-state index contributed by atoms with van der Waals surface area (Å²) in [5.74, 6) is 2.83. The summed E-state index contributed by atoms with van der Waals surface area (Å²) < 4.78 is 0. The van der Waals surface area contributed by atoms with Crippen LogP contribution in [0.5, 0.6) is 0 Å². The van der Waals surface area contributed by atoms with Gasteiger partial charge in [-0.3, -0.25) is 0 Å². The first-order valence-corrected chi connectivity index (χ1v) is 5.94. The maximum atomic E-state index is 2.96. The Bertz CT molecular complexity index is 231. The average Bonchev–Trinajstić information content (AvgIpc) is 2.17. The van der Waals surface area contributed by atoms with E-state index < -0.39 is 0 Å². The molecule has 0 amide bonds. The largest absolute Gasteiger partial charge is 0.399 e. The van der Waals surface area contributed by atoms with Crippen molar-refractivity contribution >= 4 is 5.69 Å². The van der Waals surface area contributed by atoms with Gasteiger partial charge in [-0.1, -0.05) is 5.69 Å². The second-order valence-corrected chi connectivity index (χ2v) is 5.15. The Labute approximate surface area is 129 Å². The predicted octanol–water partition coefficient (Wildman–Crippen LogP) is 4.79. The topological polar surface area (TPSA) is 3.24 Å². The fourth-order valence-electron chi connectivity index (χ4n) is 0.676. The van der Waals surface area contributed by atoms with Crippen molar-refractivity contribution in [3.63, 3.8) is 0 Å². The molecule has 0 aliphatic carbocycles. The fourth-order valence-corrected chi connectivity index (χ4v) is 0.676. The molecule has 18 heavy (non-hydrogen) atoms. The van der Waals surface area contributed by atoms with E-state index in [0.29, 0.717) is 0 Å². The molecule has 0 aliphatic rings. The molecular formula is C16H28NPd-3. The van der Waals surface area contributed by atoms with Crippen LogP contribution in [0, 0.1) is 17.9 Å². The van der Waals surface area contributed by atoms with E-state index in [4.69, 9.17) is 0 Å². The smallest absolute Gasteiger partial charge is 0.00397 e. The van der Waals surface area contributed by atoms with Gasteiger partial charge in [-0.2, -0.15) is 59.7 Å². The van der Waals surface area contributed by atoms with Gasteiger partial charge in [0.15, 0.2) is 0 Å². The Morgan fingerprint density at radius 1 is 0.833 bits per heavy atom. The molecule has 0 aliphatic heterocycles. The molecule has 1 nitrogen and oxygen atoms in total. The Balaban J connectivity index is -0.000000214. The van der Waals surface area contributed by atoms with Crippen LogP contribution in [0.25, 0.3) is 0 Å². The molecule has 0 atom stereocenters. The fraction of sp³-hybridized carbons (Fsp3) is 0.500. The monoisotopic (exact) mass is 340 g/mol. The van der Waals surface area contributed by atoms with Crippen LogP contribution in [0.2, 0.25) is 0 Å². The normalized spacial score (nSPS) is 8.56. The van der Waals surface area contributed by atoms with Crippen molar-refractivity contribution in [3.8, 4) is 0 Å². The van der Waals surface area contributed by atoms with Gasteiger partial charge < -0.3 is 16.7 Å². The van der Waals surface area contributed by atoms with E-state index in [1.54, 1.807) is 0 Å². The maximum Gasteiger partial charge on any atom is 0.00397 e. The van der Waals surface area contributed by atoms with E-state index in [9.17, 15) is 0 Å². The molecule has 0 saturated heterocycles. The van der Waals surface area contributed by atoms with Crippen LogP contribution in [-0.2, 0) is 20.4 Å². The minimum absolute atomic E-state index is 0. The van der Waals surface area contributed by atoms with Crippen molar-refractivity contribution in [2.24, 2.45) is 0 Å². The van der Waals surface area contributed by atoms with E-state index in [-0.39, 0.29) is 20.4 Å². The van der Waals surface area contributed by atoms with Crippen molar-refractivity contribution < 1.29 is 20.4 Å². The number of rotatable bonds is 1. The first kappa shape index (κ1) is 22.8. The molecule has 0 unspecified atom stereocenters. The molecule has 0 saturated carbocycles. The van der Waals surface area contributed by atoms with Crippen LogP contribution in [0.3, 0.4) is 0 Å². The van der Waals surface area contributed by atoms with Crippen LogP contribution in [-0.4, -0.2) is 14.1 Å². The Morgan fingerprint density at radius 3 is 1.28 bits per heavy atom. The average molecular weight is 341 g/mol. The van der Waals surface area contributed by atoms with Gasteiger partial charge in [0.2, 0.25) is 0 Å². The molecule has 2 heteroatoms. The van der Waals surface area contributed by atoms with Crippen LogP contribution in [0.1, 0.15) is 41.5 Å². The molecule has 0 spiro atoms. The van der Waals surface area contributed by atoms with Crippen LogP contribution in [0.15, 0.2) is 24.3 Å². The summed E-state index contributed by atoms with van der Waals surface area (Å²) in [5, 5.41) is 0. The van der Waals surface area contributed by atoms with E-state index in [0.717, 1.165) is 0 Å². The Hall–Kier alpha value is -0.318. The number of anilines is 1. The molecule has 0 fully saturated rings.